The molecule has 2 fully saturated rings. The predicted octanol–water partition coefficient (Wildman–Crippen LogP) is 3.59. The highest BCUT2D eigenvalue weighted by Crippen LogP contribution is 2.31. The number of benzene rings is 1. The van der Waals surface area contributed by atoms with E-state index in [9.17, 15) is 4.79 Å². The Bertz CT molecular complexity index is 1540. The number of aromatic nitrogens is 4. The zero-order valence-corrected chi connectivity index (χ0v) is 24.3. The molecule has 1 aromatic carbocycles. The van der Waals surface area contributed by atoms with Gasteiger partial charge in [-0.15, -0.1) is 0 Å². The van der Waals surface area contributed by atoms with Crippen molar-refractivity contribution in [3.05, 3.63) is 53.2 Å². The Morgan fingerprint density at radius 2 is 1.88 bits per heavy atom. The number of imidazole rings is 1. The number of nitrogens with zero attached hydrogens (tertiary/aromatic N) is 5. The van der Waals surface area contributed by atoms with Crippen molar-refractivity contribution in [2.75, 3.05) is 46.6 Å². The molecular formula is C29H36N5O6S-. The first-order chi connectivity index (χ1) is 20.0. The summed E-state index contributed by atoms with van der Waals surface area (Å²) in [5, 5.41) is 0.965. The monoisotopic (exact) mass is 582 g/mol. The van der Waals surface area contributed by atoms with Crippen molar-refractivity contribution in [1.29, 1.82) is 0 Å². The van der Waals surface area contributed by atoms with Crippen LogP contribution in [0.15, 0.2) is 47.5 Å². The molecule has 0 bridgehead atoms. The van der Waals surface area contributed by atoms with E-state index in [0.29, 0.717) is 25.7 Å². The quantitative estimate of drug-likeness (QED) is 0.226. The van der Waals surface area contributed by atoms with E-state index in [1.54, 1.807) is 10.8 Å². The largest absolute Gasteiger partial charge is 0.750 e. The summed E-state index contributed by atoms with van der Waals surface area (Å²) in [5.74, 6) is 0.653. The van der Waals surface area contributed by atoms with Crippen molar-refractivity contribution >= 4 is 33.3 Å². The van der Waals surface area contributed by atoms with Crippen LogP contribution in [-0.4, -0.2) is 79.3 Å². The summed E-state index contributed by atoms with van der Waals surface area (Å²) in [7, 11) is 2.90. The highest BCUT2D eigenvalue weighted by Gasteiger charge is 2.25. The van der Waals surface area contributed by atoms with Crippen LogP contribution in [0.5, 0.6) is 5.88 Å². The maximum atomic E-state index is 13.1. The van der Waals surface area contributed by atoms with Crippen LogP contribution in [0.4, 0.5) is 0 Å². The van der Waals surface area contributed by atoms with Crippen molar-refractivity contribution in [1.82, 2.24) is 24.0 Å². The molecule has 1 unspecified atom stereocenters. The summed E-state index contributed by atoms with van der Waals surface area (Å²) in [6.45, 7) is 5.45. The zero-order valence-electron chi connectivity index (χ0n) is 23.5. The third kappa shape index (κ3) is 6.84. The second-order valence-electron chi connectivity index (χ2n) is 10.3. The van der Waals surface area contributed by atoms with Crippen LogP contribution in [0.1, 0.15) is 38.1 Å². The number of ether oxygens (including phenoxy) is 2. The van der Waals surface area contributed by atoms with Crippen LogP contribution in [0, 0.1) is 0 Å². The average molecular weight is 583 g/mol. The number of rotatable bonds is 8. The van der Waals surface area contributed by atoms with Gasteiger partial charge in [0, 0.05) is 43.4 Å². The maximum Gasteiger partial charge on any atom is 0.329 e. The zero-order chi connectivity index (χ0) is 28.8. The Balaban J connectivity index is 0.000000623. The molecule has 2 atom stereocenters. The van der Waals surface area contributed by atoms with E-state index in [1.807, 2.05) is 36.0 Å². The van der Waals surface area contributed by atoms with E-state index in [1.165, 1.54) is 32.4 Å². The molecule has 4 aromatic rings. The summed E-state index contributed by atoms with van der Waals surface area (Å²) in [4.78, 5) is 24.8. The fraction of sp³-hybridized carbons (Fsp3) is 0.483. The number of aryl methyl sites for hydroxylation is 1. The Morgan fingerprint density at radius 1 is 1.10 bits per heavy atom. The first kappa shape index (κ1) is 29.3. The number of pyridine rings is 2. The SMILES string of the molecule is COS(=O)[O-].Cn1c(=O)n([C@@H]2CCOC2)c2c3cc(-c4ccc(OCCCN5CCCCC5)nc4)ccc3ncc21. The molecule has 12 heteroatoms. The fourth-order valence-electron chi connectivity index (χ4n) is 5.56. The second-order valence-corrected chi connectivity index (χ2v) is 11.1. The Labute approximate surface area is 241 Å². The number of fused-ring (bicyclic) bond motifs is 3. The molecule has 0 saturated carbocycles. The van der Waals surface area contributed by atoms with Gasteiger partial charge in [-0.2, -0.15) is 0 Å². The molecule has 0 aliphatic carbocycles. The molecule has 2 aliphatic heterocycles. The standard InChI is InChI=1S/C28H33N5O3.CH4O3S/c1-31-25-18-29-24-8-6-20(16-23(24)27(25)33(28(31)34)22-10-15-35-19-22)21-7-9-26(30-17-21)36-14-5-13-32-11-3-2-4-12-32;1-4-5(2)3/h6-9,16-18,22H,2-5,10-15,19H2,1H3;1H3,(H,2,3)/p-1/t22-;/m1./s1. The van der Waals surface area contributed by atoms with Gasteiger partial charge in [0.05, 0.1) is 60.5 Å². The van der Waals surface area contributed by atoms with E-state index >= 15 is 0 Å². The summed E-state index contributed by atoms with van der Waals surface area (Å²) in [6.07, 6.45) is 9.51. The van der Waals surface area contributed by atoms with Crippen molar-refractivity contribution < 1.29 is 22.4 Å². The molecule has 41 heavy (non-hydrogen) atoms. The lowest BCUT2D eigenvalue weighted by Crippen LogP contribution is -2.31. The lowest BCUT2D eigenvalue weighted by molar-refractivity contribution is 0.186. The van der Waals surface area contributed by atoms with Crippen LogP contribution in [0.25, 0.3) is 33.1 Å². The summed E-state index contributed by atoms with van der Waals surface area (Å²) >= 11 is -2.32. The Kier molecular flexibility index (Phi) is 9.78. The van der Waals surface area contributed by atoms with Crippen LogP contribution < -0.4 is 10.4 Å². The van der Waals surface area contributed by atoms with Gasteiger partial charge in [0.2, 0.25) is 5.88 Å². The van der Waals surface area contributed by atoms with E-state index in [2.05, 4.69) is 31.2 Å². The van der Waals surface area contributed by atoms with Crippen molar-refractivity contribution in [2.45, 2.75) is 38.1 Å². The number of piperidine rings is 1. The molecule has 5 heterocycles. The minimum absolute atomic E-state index is 0.0244. The first-order valence-electron chi connectivity index (χ1n) is 14.0. The molecule has 11 nitrogen and oxygen atoms in total. The lowest BCUT2D eigenvalue weighted by Gasteiger charge is -2.26. The number of hydrogen-bond acceptors (Lipinski definition) is 9. The van der Waals surface area contributed by atoms with E-state index in [-0.39, 0.29) is 11.7 Å². The highest BCUT2D eigenvalue weighted by atomic mass is 32.2. The van der Waals surface area contributed by atoms with E-state index in [0.717, 1.165) is 59.6 Å². The normalized spacial score (nSPS) is 18.4. The molecule has 3 aromatic heterocycles. The third-order valence-electron chi connectivity index (χ3n) is 7.71. The molecular weight excluding hydrogens is 546 g/mol. The fourth-order valence-corrected chi connectivity index (χ4v) is 5.56. The summed E-state index contributed by atoms with van der Waals surface area (Å²) < 4.78 is 37.0. The molecule has 2 aliphatic rings. The molecule has 220 valence electrons. The van der Waals surface area contributed by atoms with Gasteiger partial charge in [0.1, 0.15) is 0 Å². The topological polar surface area (TPSA) is 124 Å². The van der Waals surface area contributed by atoms with Crippen LogP contribution in [0.3, 0.4) is 0 Å². The minimum Gasteiger partial charge on any atom is -0.750 e. The summed E-state index contributed by atoms with van der Waals surface area (Å²) in [5.41, 5.74) is 4.64. The summed E-state index contributed by atoms with van der Waals surface area (Å²) in [6, 6.07) is 10.2. The average Bonchev–Trinajstić information content (AvgIpc) is 3.62. The van der Waals surface area contributed by atoms with Gasteiger partial charge in [-0.3, -0.25) is 14.1 Å². The van der Waals surface area contributed by atoms with E-state index in [4.69, 9.17) is 18.2 Å². The molecule has 0 amide bonds. The van der Waals surface area contributed by atoms with Crippen LogP contribution in [-0.2, 0) is 27.3 Å². The lowest BCUT2D eigenvalue weighted by atomic mass is 10.0. The molecule has 0 spiro atoms. The van der Waals surface area contributed by atoms with Gasteiger partial charge < -0.3 is 23.1 Å². The van der Waals surface area contributed by atoms with Crippen molar-refractivity contribution in [2.24, 2.45) is 7.05 Å². The van der Waals surface area contributed by atoms with Gasteiger partial charge in [-0.25, -0.2) is 14.0 Å². The van der Waals surface area contributed by atoms with Gasteiger partial charge in [-0.1, -0.05) is 12.5 Å². The van der Waals surface area contributed by atoms with Crippen molar-refractivity contribution in [3.8, 4) is 17.0 Å². The van der Waals surface area contributed by atoms with Crippen molar-refractivity contribution in [3.63, 3.8) is 0 Å². The molecule has 0 radical (unpaired) electrons. The van der Waals surface area contributed by atoms with Gasteiger partial charge in [0.25, 0.3) is 0 Å². The molecule has 6 rings (SSSR count). The Morgan fingerprint density at radius 3 is 2.56 bits per heavy atom. The van der Waals surface area contributed by atoms with Gasteiger partial charge in [-0.05, 0) is 62.5 Å². The molecule has 0 N–H and O–H groups in total. The Hall–Kier alpha value is -3.16. The first-order valence-corrected chi connectivity index (χ1v) is 15.0. The minimum atomic E-state index is -2.32. The third-order valence-corrected chi connectivity index (χ3v) is 7.98. The van der Waals surface area contributed by atoms with Gasteiger partial charge >= 0.3 is 5.69 Å². The van der Waals surface area contributed by atoms with Gasteiger partial charge in [0.15, 0.2) is 0 Å². The highest BCUT2D eigenvalue weighted by molar-refractivity contribution is 7.74. The number of hydrogen-bond donors (Lipinski definition) is 0. The predicted molar refractivity (Wildman–Crippen MR) is 157 cm³/mol. The maximum absolute atomic E-state index is 13.1. The van der Waals surface area contributed by atoms with Crippen LogP contribution >= 0.6 is 0 Å². The molecule has 2 saturated heterocycles. The van der Waals surface area contributed by atoms with Crippen LogP contribution in [0.2, 0.25) is 0 Å². The smallest absolute Gasteiger partial charge is 0.329 e. The number of likely N-dealkylation sites (tertiary alicyclic amines) is 1. The van der Waals surface area contributed by atoms with E-state index < -0.39 is 11.4 Å². The second kappa shape index (κ2) is 13.7.